The Kier molecular flexibility index (Phi) is 5.45. The van der Waals surface area contributed by atoms with Gasteiger partial charge in [-0.1, -0.05) is 19.3 Å². The molecule has 0 radical (unpaired) electrons. The van der Waals surface area contributed by atoms with Crippen LogP contribution in [0.25, 0.3) is 0 Å². The second kappa shape index (κ2) is 7.10. The molecule has 1 saturated heterocycles. The van der Waals surface area contributed by atoms with Crippen molar-refractivity contribution in [3.8, 4) is 0 Å². The Morgan fingerprint density at radius 3 is 2.50 bits per heavy atom. The van der Waals surface area contributed by atoms with Crippen molar-refractivity contribution in [2.75, 3.05) is 19.7 Å². The van der Waals surface area contributed by atoms with E-state index >= 15 is 0 Å². The molecule has 4 heteroatoms. The Hall–Kier alpha value is -0.610. The van der Waals surface area contributed by atoms with Crippen LogP contribution in [0, 0.1) is 0 Å². The minimum absolute atomic E-state index is 0.0837. The van der Waals surface area contributed by atoms with Crippen molar-refractivity contribution >= 4 is 5.91 Å². The van der Waals surface area contributed by atoms with Crippen molar-refractivity contribution in [1.82, 2.24) is 10.2 Å². The summed E-state index contributed by atoms with van der Waals surface area (Å²) in [7, 11) is 0. The highest BCUT2D eigenvalue weighted by Crippen LogP contribution is 2.24. The highest BCUT2D eigenvalue weighted by Gasteiger charge is 2.28. The van der Waals surface area contributed by atoms with Crippen LogP contribution in [0.5, 0.6) is 0 Å². The van der Waals surface area contributed by atoms with Gasteiger partial charge in [-0.25, -0.2) is 0 Å². The topological polar surface area (TPSA) is 52.6 Å². The van der Waals surface area contributed by atoms with Gasteiger partial charge in [0.15, 0.2) is 0 Å². The zero-order chi connectivity index (χ0) is 12.8. The second-order valence-corrected chi connectivity index (χ2v) is 5.60. The summed E-state index contributed by atoms with van der Waals surface area (Å²) in [5, 5.41) is 12.6. The third kappa shape index (κ3) is 3.69. The number of nitrogens with one attached hydrogen (secondary N) is 1. The Morgan fingerprint density at radius 1 is 1.17 bits per heavy atom. The molecular formula is C14H26N2O2. The number of aliphatic hydroxyl groups excluding tert-OH is 1. The molecule has 1 unspecified atom stereocenters. The fourth-order valence-electron chi connectivity index (χ4n) is 3.26. The maximum Gasteiger partial charge on any atom is 0.224 e. The van der Waals surface area contributed by atoms with Gasteiger partial charge in [-0.15, -0.1) is 0 Å². The van der Waals surface area contributed by atoms with Crippen LogP contribution in [-0.4, -0.2) is 47.7 Å². The molecule has 0 bridgehead atoms. The predicted molar refractivity (Wildman–Crippen MR) is 71.3 cm³/mol. The lowest BCUT2D eigenvalue weighted by molar-refractivity contribution is -0.134. The molecule has 2 rings (SSSR count). The van der Waals surface area contributed by atoms with Crippen LogP contribution >= 0.6 is 0 Å². The number of piperidine rings is 1. The average Bonchev–Trinajstić information content (AvgIpc) is 2.90. The number of nitrogens with zero attached hydrogens (tertiary/aromatic N) is 1. The number of aliphatic hydroxyl groups is 1. The van der Waals surface area contributed by atoms with Gasteiger partial charge in [0.05, 0.1) is 6.61 Å². The SMILES string of the molecule is O=C(CC1CCCCN1)N(CCO)C1CCCC1. The van der Waals surface area contributed by atoms with E-state index in [4.69, 9.17) is 5.11 Å². The van der Waals surface area contributed by atoms with Gasteiger partial charge in [0, 0.05) is 25.0 Å². The van der Waals surface area contributed by atoms with E-state index in [-0.39, 0.29) is 12.5 Å². The van der Waals surface area contributed by atoms with Crippen LogP contribution in [0.15, 0.2) is 0 Å². The van der Waals surface area contributed by atoms with E-state index in [2.05, 4.69) is 5.32 Å². The minimum Gasteiger partial charge on any atom is -0.395 e. The molecular weight excluding hydrogens is 228 g/mol. The first-order valence-corrected chi connectivity index (χ1v) is 7.45. The smallest absolute Gasteiger partial charge is 0.224 e. The summed E-state index contributed by atoms with van der Waals surface area (Å²) in [6.07, 6.45) is 8.86. The number of carbonyl (C=O) groups is 1. The maximum absolute atomic E-state index is 12.4. The highest BCUT2D eigenvalue weighted by atomic mass is 16.3. The summed E-state index contributed by atoms with van der Waals surface area (Å²) in [5.41, 5.74) is 0. The van der Waals surface area contributed by atoms with Gasteiger partial charge in [0.2, 0.25) is 5.91 Å². The zero-order valence-corrected chi connectivity index (χ0v) is 11.2. The summed E-state index contributed by atoms with van der Waals surface area (Å²) < 4.78 is 0. The molecule has 4 nitrogen and oxygen atoms in total. The summed E-state index contributed by atoms with van der Waals surface area (Å²) in [6.45, 7) is 1.64. The van der Waals surface area contributed by atoms with E-state index in [0.717, 1.165) is 25.8 Å². The Morgan fingerprint density at radius 2 is 1.89 bits per heavy atom. The third-order valence-electron chi connectivity index (χ3n) is 4.26. The molecule has 18 heavy (non-hydrogen) atoms. The van der Waals surface area contributed by atoms with Gasteiger partial charge in [0.1, 0.15) is 0 Å². The molecule has 0 spiro atoms. The lowest BCUT2D eigenvalue weighted by Crippen LogP contribution is -2.45. The van der Waals surface area contributed by atoms with E-state index in [9.17, 15) is 4.79 Å². The van der Waals surface area contributed by atoms with Gasteiger partial charge < -0.3 is 15.3 Å². The van der Waals surface area contributed by atoms with Crippen LogP contribution in [-0.2, 0) is 4.79 Å². The molecule has 2 N–H and O–H groups in total. The molecule has 1 aliphatic carbocycles. The summed E-state index contributed by atoms with van der Waals surface area (Å²) in [4.78, 5) is 14.3. The van der Waals surface area contributed by atoms with Crippen molar-refractivity contribution < 1.29 is 9.90 Å². The fourth-order valence-corrected chi connectivity index (χ4v) is 3.26. The first kappa shape index (κ1) is 13.8. The third-order valence-corrected chi connectivity index (χ3v) is 4.26. The predicted octanol–water partition coefficient (Wildman–Crippen LogP) is 1.28. The van der Waals surface area contributed by atoms with Gasteiger partial charge in [-0.3, -0.25) is 4.79 Å². The number of hydrogen-bond donors (Lipinski definition) is 2. The van der Waals surface area contributed by atoms with Crippen LogP contribution in [0.4, 0.5) is 0 Å². The van der Waals surface area contributed by atoms with E-state index in [1.807, 2.05) is 4.90 Å². The molecule has 1 aliphatic heterocycles. The molecule has 0 aromatic carbocycles. The normalized spacial score (nSPS) is 25.3. The largest absolute Gasteiger partial charge is 0.395 e. The number of hydrogen-bond acceptors (Lipinski definition) is 3. The first-order valence-electron chi connectivity index (χ1n) is 7.45. The molecule has 0 aromatic rings. The Bertz CT molecular complexity index is 259. The lowest BCUT2D eigenvalue weighted by atomic mass is 10.0. The zero-order valence-electron chi connectivity index (χ0n) is 11.2. The Balaban J connectivity index is 1.85. The van der Waals surface area contributed by atoms with Crippen molar-refractivity contribution in [2.45, 2.75) is 63.5 Å². The monoisotopic (exact) mass is 254 g/mol. The van der Waals surface area contributed by atoms with Crippen molar-refractivity contribution in [3.63, 3.8) is 0 Å². The van der Waals surface area contributed by atoms with Crippen LogP contribution in [0.2, 0.25) is 0 Å². The van der Waals surface area contributed by atoms with Crippen LogP contribution in [0.3, 0.4) is 0 Å². The standard InChI is InChI=1S/C14H26N2O2/c17-10-9-16(13-6-1-2-7-13)14(18)11-12-5-3-4-8-15-12/h12-13,15,17H,1-11H2. The van der Waals surface area contributed by atoms with E-state index in [0.29, 0.717) is 25.0 Å². The number of amides is 1. The van der Waals surface area contributed by atoms with Crippen LogP contribution < -0.4 is 5.32 Å². The quantitative estimate of drug-likeness (QED) is 0.777. The lowest BCUT2D eigenvalue weighted by Gasteiger charge is -2.31. The number of rotatable bonds is 5. The van der Waals surface area contributed by atoms with Gasteiger partial charge in [0.25, 0.3) is 0 Å². The van der Waals surface area contributed by atoms with Crippen LogP contribution in [0.1, 0.15) is 51.4 Å². The molecule has 1 saturated carbocycles. The molecule has 1 amide bonds. The molecule has 2 aliphatic rings. The fraction of sp³-hybridized carbons (Fsp3) is 0.929. The summed E-state index contributed by atoms with van der Waals surface area (Å²) in [5.74, 6) is 0.232. The Labute approximate surface area is 110 Å². The van der Waals surface area contributed by atoms with Gasteiger partial charge in [-0.05, 0) is 32.2 Å². The van der Waals surface area contributed by atoms with E-state index < -0.39 is 0 Å². The van der Waals surface area contributed by atoms with E-state index in [1.165, 1.54) is 25.7 Å². The minimum atomic E-state index is 0.0837. The maximum atomic E-state index is 12.4. The molecule has 1 atom stereocenters. The number of carbonyl (C=O) groups excluding carboxylic acids is 1. The molecule has 104 valence electrons. The van der Waals surface area contributed by atoms with E-state index in [1.54, 1.807) is 0 Å². The van der Waals surface area contributed by atoms with Crippen molar-refractivity contribution in [3.05, 3.63) is 0 Å². The molecule has 2 fully saturated rings. The van der Waals surface area contributed by atoms with Gasteiger partial charge in [-0.2, -0.15) is 0 Å². The average molecular weight is 254 g/mol. The second-order valence-electron chi connectivity index (χ2n) is 5.60. The summed E-state index contributed by atoms with van der Waals surface area (Å²) >= 11 is 0. The van der Waals surface area contributed by atoms with Crippen molar-refractivity contribution in [2.24, 2.45) is 0 Å². The first-order chi connectivity index (χ1) is 8.81. The van der Waals surface area contributed by atoms with Crippen molar-refractivity contribution in [1.29, 1.82) is 0 Å². The molecule has 1 heterocycles. The highest BCUT2D eigenvalue weighted by molar-refractivity contribution is 5.77. The molecule has 0 aromatic heterocycles. The summed E-state index contributed by atoms with van der Waals surface area (Å²) in [6, 6.07) is 0.738. The van der Waals surface area contributed by atoms with Gasteiger partial charge >= 0.3 is 0 Å².